The van der Waals surface area contributed by atoms with E-state index in [1.54, 1.807) is 12.1 Å². The van der Waals surface area contributed by atoms with Gasteiger partial charge < -0.3 is 10.2 Å². The molecule has 0 amide bonds. The van der Waals surface area contributed by atoms with Crippen LogP contribution in [0.4, 0.5) is 0 Å². The second kappa shape index (κ2) is 8.48. The Labute approximate surface area is 194 Å². The second-order valence-electron chi connectivity index (χ2n) is 8.44. The van der Waals surface area contributed by atoms with E-state index >= 15 is 0 Å². The fourth-order valence-corrected chi connectivity index (χ4v) is 5.10. The van der Waals surface area contributed by atoms with Gasteiger partial charge in [-0.1, -0.05) is 72.8 Å². The third-order valence-electron chi connectivity index (χ3n) is 6.55. The number of rotatable bonds is 6. The summed E-state index contributed by atoms with van der Waals surface area (Å²) in [5, 5.41) is 21.4. The van der Waals surface area contributed by atoms with Crippen LogP contribution >= 0.6 is 0 Å². The lowest BCUT2D eigenvalue weighted by Gasteiger charge is -2.21. The molecule has 0 heterocycles. The number of benzene rings is 4. The molecule has 1 aliphatic carbocycles. The highest BCUT2D eigenvalue weighted by molar-refractivity contribution is 5.95. The third kappa shape index (κ3) is 3.44. The van der Waals surface area contributed by atoms with E-state index in [9.17, 15) is 10.2 Å². The predicted octanol–water partition coefficient (Wildman–Crippen LogP) is 7.46. The van der Waals surface area contributed by atoms with Gasteiger partial charge in [-0.15, -0.1) is 13.2 Å². The fourth-order valence-electron chi connectivity index (χ4n) is 5.10. The largest absolute Gasteiger partial charge is 0.508 e. The van der Waals surface area contributed by atoms with Gasteiger partial charge in [0.1, 0.15) is 11.5 Å². The second-order valence-corrected chi connectivity index (χ2v) is 8.44. The molecule has 5 rings (SSSR count). The summed E-state index contributed by atoms with van der Waals surface area (Å²) in [5.41, 5.74) is 10.9. The molecule has 2 nitrogen and oxygen atoms in total. The summed E-state index contributed by atoms with van der Waals surface area (Å²) in [6.07, 6.45) is 5.61. The molecule has 4 aromatic rings. The number of hydrogen-bond acceptors (Lipinski definition) is 2. The van der Waals surface area contributed by atoms with Crippen molar-refractivity contribution in [2.45, 2.75) is 19.3 Å². The van der Waals surface area contributed by atoms with Crippen molar-refractivity contribution >= 4 is 0 Å². The lowest BCUT2D eigenvalue weighted by Crippen LogP contribution is -1.99. The van der Waals surface area contributed by atoms with E-state index in [-0.39, 0.29) is 11.5 Å². The Morgan fingerprint density at radius 2 is 1.18 bits per heavy atom. The maximum Gasteiger partial charge on any atom is 0.119 e. The van der Waals surface area contributed by atoms with Crippen LogP contribution in [0.1, 0.15) is 22.3 Å². The van der Waals surface area contributed by atoms with Crippen LogP contribution in [0.2, 0.25) is 0 Å². The maximum atomic E-state index is 10.7. The Kier molecular flexibility index (Phi) is 5.35. The minimum absolute atomic E-state index is 0.268. The van der Waals surface area contributed by atoms with Gasteiger partial charge in [0.25, 0.3) is 0 Å². The van der Waals surface area contributed by atoms with Crippen molar-refractivity contribution in [2.75, 3.05) is 0 Å². The van der Waals surface area contributed by atoms with E-state index in [1.165, 1.54) is 22.3 Å². The molecule has 0 aliphatic heterocycles. The summed E-state index contributed by atoms with van der Waals surface area (Å²) in [4.78, 5) is 0. The van der Waals surface area contributed by atoms with E-state index in [0.29, 0.717) is 12.8 Å². The summed E-state index contributed by atoms with van der Waals surface area (Å²) >= 11 is 0. The Hall–Kier alpha value is -4.04. The Morgan fingerprint density at radius 3 is 1.88 bits per heavy atom. The molecule has 4 aromatic carbocycles. The van der Waals surface area contributed by atoms with Gasteiger partial charge in [0, 0.05) is 11.1 Å². The molecule has 0 bridgehead atoms. The van der Waals surface area contributed by atoms with Crippen molar-refractivity contribution in [1.82, 2.24) is 0 Å². The van der Waals surface area contributed by atoms with Gasteiger partial charge in [0.2, 0.25) is 0 Å². The van der Waals surface area contributed by atoms with Crippen molar-refractivity contribution in [3.05, 3.63) is 120 Å². The van der Waals surface area contributed by atoms with Crippen LogP contribution < -0.4 is 0 Å². The van der Waals surface area contributed by atoms with Crippen molar-refractivity contribution in [3.63, 3.8) is 0 Å². The van der Waals surface area contributed by atoms with Crippen molar-refractivity contribution in [1.29, 1.82) is 0 Å². The first-order valence-electron chi connectivity index (χ1n) is 11.2. The SMILES string of the molecule is C=CCc1c(O)cccc1-c1ccc2c(c1-c1cccc(O)c1CC=C)Cc1ccccc1-2. The molecular weight excluding hydrogens is 404 g/mol. The Bertz CT molecular complexity index is 1390. The van der Waals surface area contributed by atoms with E-state index in [2.05, 4.69) is 61.7 Å². The highest BCUT2D eigenvalue weighted by Crippen LogP contribution is 2.48. The van der Waals surface area contributed by atoms with Gasteiger partial charge >= 0.3 is 0 Å². The van der Waals surface area contributed by atoms with E-state index in [1.807, 2.05) is 24.3 Å². The summed E-state index contributed by atoms with van der Waals surface area (Å²) in [6, 6.07) is 24.2. The lowest BCUT2D eigenvalue weighted by molar-refractivity contribution is 0.469. The minimum Gasteiger partial charge on any atom is -0.508 e. The summed E-state index contributed by atoms with van der Waals surface area (Å²) in [7, 11) is 0. The molecule has 0 fully saturated rings. The van der Waals surface area contributed by atoms with Crippen molar-refractivity contribution < 1.29 is 10.2 Å². The highest BCUT2D eigenvalue weighted by atomic mass is 16.3. The molecule has 33 heavy (non-hydrogen) atoms. The Balaban J connectivity index is 1.87. The average molecular weight is 431 g/mol. The van der Waals surface area contributed by atoms with Gasteiger partial charge in [-0.2, -0.15) is 0 Å². The minimum atomic E-state index is 0.268. The number of fused-ring (bicyclic) bond motifs is 3. The van der Waals surface area contributed by atoms with Crippen LogP contribution in [0.25, 0.3) is 33.4 Å². The summed E-state index contributed by atoms with van der Waals surface area (Å²) in [6.45, 7) is 7.80. The number of aromatic hydroxyl groups is 2. The normalized spacial score (nSPS) is 11.6. The van der Waals surface area contributed by atoms with Crippen molar-refractivity contribution in [3.8, 4) is 44.9 Å². The Morgan fingerprint density at radius 1 is 0.606 bits per heavy atom. The summed E-state index contributed by atoms with van der Waals surface area (Å²) < 4.78 is 0. The molecule has 0 saturated carbocycles. The molecule has 0 aromatic heterocycles. The first-order valence-corrected chi connectivity index (χ1v) is 11.2. The van der Waals surface area contributed by atoms with Gasteiger partial charge in [-0.3, -0.25) is 0 Å². The molecule has 0 atom stereocenters. The molecule has 1 aliphatic rings. The van der Waals surface area contributed by atoms with Crippen LogP contribution in [0.15, 0.2) is 98.1 Å². The monoisotopic (exact) mass is 430 g/mol. The van der Waals surface area contributed by atoms with Crippen LogP contribution in [0.3, 0.4) is 0 Å². The topological polar surface area (TPSA) is 40.5 Å². The first kappa shape index (κ1) is 20.8. The molecular formula is C31H26O2. The zero-order valence-electron chi connectivity index (χ0n) is 18.5. The van der Waals surface area contributed by atoms with Crippen LogP contribution in [-0.2, 0) is 19.3 Å². The third-order valence-corrected chi connectivity index (χ3v) is 6.55. The average Bonchev–Trinajstić information content (AvgIpc) is 3.20. The first-order chi connectivity index (χ1) is 16.1. The smallest absolute Gasteiger partial charge is 0.119 e. The highest BCUT2D eigenvalue weighted by Gasteiger charge is 2.26. The van der Waals surface area contributed by atoms with E-state index < -0.39 is 0 Å². The number of phenols is 2. The van der Waals surface area contributed by atoms with Gasteiger partial charge in [0.15, 0.2) is 0 Å². The van der Waals surface area contributed by atoms with Crippen molar-refractivity contribution in [2.24, 2.45) is 0 Å². The number of hydrogen-bond donors (Lipinski definition) is 2. The zero-order chi connectivity index (χ0) is 22.9. The lowest BCUT2D eigenvalue weighted by atomic mass is 9.83. The van der Waals surface area contributed by atoms with E-state index in [0.717, 1.165) is 39.8 Å². The quantitative estimate of drug-likeness (QED) is 0.275. The van der Waals surface area contributed by atoms with Crippen LogP contribution in [-0.4, -0.2) is 10.2 Å². The predicted molar refractivity (Wildman–Crippen MR) is 137 cm³/mol. The van der Waals surface area contributed by atoms with Crippen LogP contribution in [0.5, 0.6) is 11.5 Å². The number of phenolic OH excluding ortho intramolecular Hbond substituents is 2. The zero-order valence-corrected chi connectivity index (χ0v) is 18.5. The van der Waals surface area contributed by atoms with Gasteiger partial charge in [-0.25, -0.2) is 0 Å². The molecule has 2 N–H and O–H groups in total. The molecule has 0 unspecified atom stereocenters. The van der Waals surface area contributed by atoms with E-state index in [4.69, 9.17) is 0 Å². The summed E-state index contributed by atoms with van der Waals surface area (Å²) in [5.74, 6) is 0.540. The van der Waals surface area contributed by atoms with Crippen LogP contribution in [0, 0.1) is 0 Å². The molecule has 0 saturated heterocycles. The van der Waals surface area contributed by atoms with Gasteiger partial charge in [-0.05, 0) is 75.9 Å². The van der Waals surface area contributed by atoms with Gasteiger partial charge in [0.05, 0.1) is 0 Å². The maximum absolute atomic E-state index is 10.7. The standard InChI is InChI=1S/C31H26O2/c1-3-9-24-22(13-7-15-29(24)32)27-18-17-23-21-12-6-5-11-20(21)19-28(23)31(27)26-14-8-16-30(33)25(26)10-4-2/h3-8,11-18,32-33H,1-2,9-10,19H2. The molecule has 0 radical (unpaired) electrons. The molecule has 2 heteroatoms. The molecule has 0 spiro atoms. The number of allylic oxidation sites excluding steroid dienone is 2. The molecule has 162 valence electrons. The fraction of sp³-hybridized carbons (Fsp3) is 0.0968.